The SMILES string of the molecule is CP(C)C1C(=O)OC(=O)C1P(C)C. The van der Waals surface area contributed by atoms with Gasteiger partial charge in [-0.15, -0.1) is 0 Å². The zero-order valence-electron chi connectivity index (χ0n) is 8.27. The van der Waals surface area contributed by atoms with Gasteiger partial charge in [-0.3, -0.25) is 9.59 Å². The van der Waals surface area contributed by atoms with Crippen LogP contribution in [0, 0.1) is 0 Å². The van der Waals surface area contributed by atoms with Gasteiger partial charge in [-0.1, -0.05) is 15.8 Å². The van der Waals surface area contributed by atoms with Crippen LogP contribution in [-0.4, -0.2) is 49.9 Å². The van der Waals surface area contributed by atoms with Gasteiger partial charge < -0.3 is 4.74 Å². The van der Waals surface area contributed by atoms with E-state index >= 15 is 0 Å². The van der Waals surface area contributed by atoms with Gasteiger partial charge in [0.05, 0.1) is 11.3 Å². The van der Waals surface area contributed by atoms with E-state index in [0.717, 1.165) is 0 Å². The lowest BCUT2D eigenvalue weighted by atomic mass is 10.3. The molecule has 1 aliphatic rings. The Balaban J connectivity index is 2.90. The van der Waals surface area contributed by atoms with Gasteiger partial charge in [0.15, 0.2) is 0 Å². The summed E-state index contributed by atoms with van der Waals surface area (Å²) in [6.07, 6.45) is 0. The molecule has 1 aliphatic heterocycles. The van der Waals surface area contributed by atoms with E-state index in [0.29, 0.717) is 0 Å². The molecule has 1 heterocycles. The third kappa shape index (κ3) is 2.08. The van der Waals surface area contributed by atoms with E-state index in [2.05, 4.69) is 4.74 Å². The topological polar surface area (TPSA) is 43.4 Å². The Hall–Kier alpha value is -0.0000000000000000555. The molecule has 0 bridgehead atoms. The summed E-state index contributed by atoms with van der Waals surface area (Å²) in [5.74, 6) is -0.607. The van der Waals surface area contributed by atoms with Crippen LogP contribution in [0.5, 0.6) is 0 Å². The number of carbonyl (C=O) groups excluding carboxylic acids is 2. The van der Waals surface area contributed by atoms with Crippen LogP contribution >= 0.6 is 15.8 Å². The number of esters is 2. The Labute approximate surface area is 80.7 Å². The molecule has 0 aromatic rings. The molecule has 1 saturated heterocycles. The van der Waals surface area contributed by atoms with Crippen molar-refractivity contribution in [1.29, 1.82) is 0 Å². The Morgan fingerprint density at radius 1 is 0.923 bits per heavy atom. The molecular weight excluding hydrogens is 206 g/mol. The van der Waals surface area contributed by atoms with Gasteiger partial charge in [-0.2, -0.15) is 0 Å². The first kappa shape index (κ1) is 11.1. The van der Waals surface area contributed by atoms with E-state index in [1.165, 1.54) is 0 Å². The Kier molecular flexibility index (Phi) is 3.43. The fourth-order valence-corrected chi connectivity index (χ4v) is 5.39. The molecule has 0 radical (unpaired) electrons. The molecule has 3 nitrogen and oxygen atoms in total. The summed E-state index contributed by atoms with van der Waals surface area (Å²) in [5, 5.41) is 0. The van der Waals surface area contributed by atoms with Crippen LogP contribution in [0.15, 0.2) is 0 Å². The van der Waals surface area contributed by atoms with E-state index in [-0.39, 0.29) is 23.3 Å². The molecule has 1 fully saturated rings. The maximum atomic E-state index is 11.3. The number of cyclic esters (lactones) is 2. The molecule has 74 valence electrons. The second-order valence-electron chi connectivity index (χ2n) is 3.56. The standard InChI is InChI=1S/C8H14O3P2/c1-12(2)5-6(13(3)4)8(10)11-7(5)9/h5-6H,1-4H3. The van der Waals surface area contributed by atoms with Gasteiger partial charge in [0, 0.05) is 0 Å². The summed E-state index contributed by atoms with van der Waals surface area (Å²) in [4.78, 5) is 22.6. The average Bonchev–Trinajstić information content (AvgIpc) is 2.24. The number of carbonyl (C=O) groups is 2. The number of rotatable bonds is 2. The quantitative estimate of drug-likeness (QED) is 0.400. The third-order valence-corrected chi connectivity index (χ3v) is 5.57. The zero-order valence-corrected chi connectivity index (χ0v) is 10.1. The Bertz CT molecular complexity index is 214. The zero-order chi connectivity index (χ0) is 10.2. The second kappa shape index (κ2) is 4.02. The van der Waals surface area contributed by atoms with Crippen molar-refractivity contribution in [2.24, 2.45) is 0 Å². The highest BCUT2D eigenvalue weighted by Crippen LogP contribution is 2.49. The van der Waals surface area contributed by atoms with Crippen LogP contribution in [0.1, 0.15) is 0 Å². The summed E-state index contributed by atoms with van der Waals surface area (Å²) in [6.45, 7) is 8.08. The van der Waals surface area contributed by atoms with Crippen LogP contribution in [0.25, 0.3) is 0 Å². The van der Waals surface area contributed by atoms with Gasteiger partial charge >= 0.3 is 11.9 Å². The molecule has 0 spiro atoms. The van der Waals surface area contributed by atoms with Gasteiger partial charge in [0.1, 0.15) is 0 Å². The summed E-state index contributed by atoms with van der Waals surface area (Å²) >= 11 is 0. The van der Waals surface area contributed by atoms with Crippen molar-refractivity contribution >= 4 is 27.8 Å². The molecule has 0 aliphatic carbocycles. The monoisotopic (exact) mass is 220 g/mol. The highest BCUT2D eigenvalue weighted by molar-refractivity contribution is 7.62. The molecule has 2 unspecified atom stereocenters. The van der Waals surface area contributed by atoms with Crippen molar-refractivity contribution < 1.29 is 14.3 Å². The number of ether oxygens (including phenoxy) is 1. The van der Waals surface area contributed by atoms with E-state index in [4.69, 9.17) is 0 Å². The van der Waals surface area contributed by atoms with Crippen LogP contribution in [0.4, 0.5) is 0 Å². The van der Waals surface area contributed by atoms with Crippen molar-refractivity contribution in [2.45, 2.75) is 11.3 Å². The largest absolute Gasteiger partial charge is 0.392 e. The van der Waals surface area contributed by atoms with Gasteiger partial charge in [-0.25, -0.2) is 0 Å². The maximum absolute atomic E-state index is 11.3. The maximum Gasteiger partial charge on any atom is 0.322 e. The minimum absolute atomic E-state index is 0.149. The fourth-order valence-electron chi connectivity index (χ4n) is 1.46. The Morgan fingerprint density at radius 3 is 1.46 bits per heavy atom. The lowest BCUT2D eigenvalue weighted by molar-refractivity contribution is -0.151. The van der Waals surface area contributed by atoms with E-state index in [1.807, 2.05) is 26.7 Å². The first-order chi connectivity index (χ1) is 5.95. The van der Waals surface area contributed by atoms with Crippen molar-refractivity contribution in [3.63, 3.8) is 0 Å². The smallest absolute Gasteiger partial charge is 0.322 e. The van der Waals surface area contributed by atoms with E-state index in [1.54, 1.807) is 0 Å². The van der Waals surface area contributed by atoms with Gasteiger partial charge in [0.25, 0.3) is 0 Å². The Morgan fingerprint density at radius 2 is 1.23 bits per heavy atom. The summed E-state index contributed by atoms with van der Waals surface area (Å²) < 4.78 is 4.66. The molecule has 5 heteroatoms. The lowest BCUT2D eigenvalue weighted by Gasteiger charge is -2.20. The predicted octanol–water partition coefficient (Wildman–Crippen LogP) is 1.29. The summed E-state index contributed by atoms with van der Waals surface area (Å²) in [6, 6.07) is 0. The molecule has 0 saturated carbocycles. The van der Waals surface area contributed by atoms with Gasteiger partial charge in [-0.05, 0) is 26.7 Å². The first-order valence-electron chi connectivity index (χ1n) is 4.03. The molecule has 0 aromatic heterocycles. The number of hydrogen-bond donors (Lipinski definition) is 0. The van der Waals surface area contributed by atoms with Crippen LogP contribution in [0.2, 0.25) is 0 Å². The molecular formula is C8H14O3P2. The normalized spacial score (nSPS) is 28.8. The summed E-state index contributed by atoms with van der Waals surface area (Å²) in [7, 11) is -0.837. The van der Waals surface area contributed by atoms with E-state index < -0.39 is 15.8 Å². The highest BCUT2D eigenvalue weighted by atomic mass is 31.1. The molecule has 0 aromatic carbocycles. The van der Waals surface area contributed by atoms with Gasteiger partial charge in [0.2, 0.25) is 0 Å². The van der Waals surface area contributed by atoms with Crippen molar-refractivity contribution in [3.05, 3.63) is 0 Å². The molecule has 13 heavy (non-hydrogen) atoms. The predicted molar refractivity (Wildman–Crippen MR) is 56.2 cm³/mol. The molecule has 1 rings (SSSR count). The highest BCUT2D eigenvalue weighted by Gasteiger charge is 2.47. The van der Waals surface area contributed by atoms with Crippen LogP contribution < -0.4 is 0 Å². The molecule has 0 amide bonds. The number of hydrogen-bond acceptors (Lipinski definition) is 3. The lowest BCUT2D eigenvalue weighted by Crippen LogP contribution is -2.25. The van der Waals surface area contributed by atoms with Crippen molar-refractivity contribution in [3.8, 4) is 0 Å². The fraction of sp³-hybridized carbons (Fsp3) is 0.750. The first-order valence-corrected chi connectivity index (χ1v) is 8.64. The average molecular weight is 220 g/mol. The van der Waals surface area contributed by atoms with E-state index in [9.17, 15) is 9.59 Å². The molecule has 2 atom stereocenters. The van der Waals surface area contributed by atoms with Crippen LogP contribution in [-0.2, 0) is 14.3 Å². The third-order valence-electron chi connectivity index (χ3n) is 2.10. The second-order valence-corrected chi connectivity index (χ2v) is 8.52. The molecule has 0 N–H and O–H groups in total. The van der Waals surface area contributed by atoms with Crippen molar-refractivity contribution in [1.82, 2.24) is 0 Å². The summed E-state index contributed by atoms with van der Waals surface area (Å²) in [5.41, 5.74) is -0.299. The minimum Gasteiger partial charge on any atom is -0.392 e. The minimum atomic E-state index is -0.418. The van der Waals surface area contributed by atoms with Crippen molar-refractivity contribution in [2.75, 3.05) is 26.7 Å². The van der Waals surface area contributed by atoms with Crippen LogP contribution in [0.3, 0.4) is 0 Å².